The van der Waals surface area contributed by atoms with E-state index in [0.29, 0.717) is 5.16 Å². The maximum atomic E-state index is 11.7. The van der Waals surface area contributed by atoms with E-state index < -0.39 is 0 Å². The summed E-state index contributed by atoms with van der Waals surface area (Å²) in [6.45, 7) is 2.16. The molecule has 0 bridgehead atoms. The molecule has 2 heterocycles. The summed E-state index contributed by atoms with van der Waals surface area (Å²) in [6.07, 6.45) is 7.05. The van der Waals surface area contributed by atoms with Crippen molar-refractivity contribution < 1.29 is 0 Å². The molecular weight excluding hydrogens is 242 g/mol. The Balaban J connectivity index is 2.44. The predicted molar refractivity (Wildman–Crippen MR) is 67.5 cm³/mol. The van der Waals surface area contributed by atoms with Crippen molar-refractivity contribution in [2.75, 3.05) is 6.26 Å². The summed E-state index contributed by atoms with van der Waals surface area (Å²) in [6, 6.07) is 0. The lowest BCUT2D eigenvalue weighted by Crippen LogP contribution is -2.16. The minimum atomic E-state index is -0.228. The first-order chi connectivity index (χ1) is 7.74. The average Bonchev–Trinajstić information content (AvgIpc) is 2.69. The molecule has 16 heavy (non-hydrogen) atoms. The summed E-state index contributed by atoms with van der Waals surface area (Å²) in [7, 11) is 0. The molecule has 0 unspecified atom stereocenters. The highest BCUT2D eigenvalue weighted by molar-refractivity contribution is 7.98. The van der Waals surface area contributed by atoms with Crippen LogP contribution in [0.4, 0.5) is 0 Å². The van der Waals surface area contributed by atoms with Crippen LogP contribution in [0.3, 0.4) is 0 Å². The minimum Gasteiger partial charge on any atom is -0.245 e. The Bertz CT molecular complexity index is 546. The molecule has 0 saturated heterocycles. The van der Waals surface area contributed by atoms with Gasteiger partial charge in [0.05, 0.1) is 0 Å². The van der Waals surface area contributed by atoms with Crippen molar-refractivity contribution in [1.82, 2.24) is 14.4 Å². The van der Waals surface area contributed by atoms with Gasteiger partial charge in [0.25, 0.3) is 0 Å². The van der Waals surface area contributed by atoms with Crippen LogP contribution in [-0.2, 0) is 6.42 Å². The number of nitrogens with zero attached hydrogens (tertiary/aromatic N) is 3. The normalized spacial score (nSPS) is 11.1. The highest BCUT2D eigenvalue weighted by atomic mass is 32.2. The smallest absolute Gasteiger partial charge is 0.245 e. The van der Waals surface area contributed by atoms with Crippen molar-refractivity contribution in [3.63, 3.8) is 0 Å². The molecule has 0 fully saturated rings. The van der Waals surface area contributed by atoms with Gasteiger partial charge in [0, 0.05) is 11.1 Å². The molecule has 2 aromatic rings. The molecule has 0 amide bonds. The van der Waals surface area contributed by atoms with Crippen LogP contribution < -0.4 is 5.69 Å². The van der Waals surface area contributed by atoms with Gasteiger partial charge in [-0.1, -0.05) is 25.1 Å². The van der Waals surface area contributed by atoms with Gasteiger partial charge < -0.3 is 0 Å². The van der Waals surface area contributed by atoms with Crippen LogP contribution in [0.25, 0.3) is 4.96 Å². The monoisotopic (exact) mass is 255 g/mol. The predicted octanol–water partition coefficient (Wildman–Crippen LogP) is 2.22. The van der Waals surface area contributed by atoms with Crippen LogP contribution in [0.1, 0.15) is 24.6 Å². The van der Waals surface area contributed by atoms with Crippen LogP contribution >= 0.6 is 23.1 Å². The first kappa shape index (κ1) is 11.6. The van der Waals surface area contributed by atoms with Crippen molar-refractivity contribution in [3.05, 3.63) is 21.6 Å². The Morgan fingerprint density at radius 2 is 2.31 bits per heavy atom. The van der Waals surface area contributed by atoms with Gasteiger partial charge in [-0.3, -0.25) is 0 Å². The quantitative estimate of drug-likeness (QED) is 0.786. The molecule has 0 aliphatic heterocycles. The van der Waals surface area contributed by atoms with E-state index in [1.165, 1.54) is 21.0 Å². The lowest BCUT2D eigenvalue weighted by molar-refractivity contribution is 0.797. The fourth-order valence-corrected chi connectivity index (χ4v) is 2.81. The number of fused-ring (bicyclic) bond motifs is 1. The number of unbranched alkanes of at least 4 members (excludes halogenated alkanes) is 1. The van der Waals surface area contributed by atoms with Gasteiger partial charge in [0.15, 0.2) is 5.16 Å². The second-order valence-electron chi connectivity index (χ2n) is 3.45. The van der Waals surface area contributed by atoms with E-state index in [9.17, 15) is 4.79 Å². The molecule has 0 spiro atoms. The molecule has 86 valence electrons. The molecule has 0 saturated carbocycles. The minimum absolute atomic E-state index is 0.228. The zero-order chi connectivity index (χ0) is 11.5. The summed E-state index contributed by atoms with van der Waals surface area (Å²) < 4.78 is 1.54. The first-order valence-electron chi connectivity index (χ1n) is 5.17. The van der Waals surface area contributed by atoms with Crippen LogP contribution in [-0.4, -0.2) is 20.6 Å². The topological polar surface area (TPSA) is 47.3 Å². The third-order valence-electron chi connectivity index (χ3n) is 2.25. The van der Waals surface area contributed by atoms with E-state index in [-0.39, 0.29) is 5.69 Å². The summed E-state index contributed by atoms with van der Waals surface area (Å²) in [5.74, 6) is 0. The molecule has 0 atom stereocenters. The number of hydrogen-bond acceptors (Lipinski definition) is 5. The summed E-state index contributed by atoms with van der Waals surface area (Å²) >= 11 is 2.98. The summed E-state index contributed by atoms with van der Waals surface area (Å²) in [5.41, 5.74) is -0.228. The Labute approximate surface area is 102 Å². The van der Waals surface area contributed by atoms with Crippen molar-refractivity contribution in [3.8, 4) is 0 Å². The number of aryl methyl sites for hydroxylation is 1. The second-order valence-corrected chi connectivity index (χ2v) is 5.31. The molecule has 6 heteroatoms. The molecule has 0 radical (unpaired) electrons. The Morgan fingerprint density at radius 3 is 3.00 bits per heavy atom. The first-order valence-corrected chi connectivity index (χ1v) is 7.22. The van der Waals surface area contributed by atoms with Gasteiger partial charge in [-0.25, -0.2) is 9.20 Å². The lowest BCUT2D eigenvalue weighted by atomic mass is 10.2. The van der Waals surface area contributed by atoms with E-state index in [0.717, 1.165) is 24.2 Å². The molecule has 2 rings (SSSR count). The van der Waals surface area contributed by atoms with Gasteiger partial charge in [-0.05, 0) is 19.1 Å². The van der Waals surface area contributed by atoms with Gasteiger partial charge in [-0.2, -0.15) is 9.97 Å². The SMILES string of the molecule is CCCCc1cn2c(=O)nc(SC)nc2s1. The third-order valence-corrected chi connectivity index (χ3v) is 3.84. The summed E-state index contributed by atoms with van der Waals surface area (Å²) in [4.78, 5) is 21.8. The van der Waals surface area contributed by atoms with E-state index in [2.05, 4.69) is 16.9 Å². The standard InChI is InChI=1S/C10H13N3OS2/c1-3-4-5-7-6-13-9(14)11-8(15-2)12-10(13)16-7/h6H,3-5H2,1-2H3. The summed E-state index contributed by atoms with van der Waals surface area (Å²) in [5, 5.41) is 0.550. The van der Waals surface area contributed by atoms with Crippen molar-refractivity contribution >= 4 is 28.1 Å². The fraction of sp³-hybridized carbons (Fsp3) is 0.500. The van der Waals surface area contributed by atoms with E-state index in [1.54, 1.807) is 11.3 Å². The highest BCUT2D eigenvalue weighted by Gasteiger charge is 2.07. The molecule has 0 aliphatic rings. The second kappa shape index (κ2) is 4.97. The van der Waals surface area contributed by atoms with Gasteiger partial charge >= 0.3 is 5.69 Å². The average molecular weight is 255 g/mol. The number of hydrogen-bond donors (Lipinski definition) is 0. The zero-order valence-corrected chi connectivity index (χ0v) is 10.9. The van der Waals surface area contributed by atoms with Crippen LogP contribution in [0.5, 0.6) is 0 Å². The maximum Gasteiger partial charge on any atom is 0.356 e. The van der Waals surface area contributed by atoms with Crippen LogP contribution in [0.15, 0.2) is 16.1 Å². The Kier molecular flexibility index (Phi) is 3.60. The third kappa shape index (κ3) is 2.27. The number of thiazole rings is 1. The molecule has 4 nitrogen and oxygen atoms in total. The maximum absolute atomic E-state index is 11.7. The largest absolute Gasteiger partial charge is 0.356 e. The van der Waals surface area contributed by atoms with Gasteiger partial charge in [-0.15, -0.1) is 11.3 Å². The van der Waals surface area contributed by atoms with Gasteiger partial charge in [0.1, 0.15) is 0 Å². The molecule has 0 N–H and O–H groups in total. The van der Waals surface area contributed by atoms with E-state index in [4.69, 9.17) is 0 Å². The molecule has 0 aliphatic carbocycles. The number of rotatable bonds is 4. The zero-order valence-electron chi connectivity index (χ0n) is 9.27. The number of aromatic nitrogens is 3. The number of thioether (sulfide) groups is 1. The molecule has 2 aromatic heterocycles. The highest BCUT2D eigenvalue weighted by Crippen LogP contribution is 2.18. The van der Waals surface area contributed by atoms with Crippen molar-refractivity contribution in [1.29, 1.82) is 0 Å². The Morgan fingerprint density at radius 1 is 1.50 bits per heavy atom. The van der Waals surface area contributed by atoms with E-state index >= 15 is 0 Å². The van der Waals surface area contributed by atoms with Gasteiger partial charge in [0.2, 0.25) is 4.96 Å². The molecule has 0 aromatic carbocycles. The lowest BCUT2D eigenvalue weighted by Gasteiger charge is -1.92. The van der Waals surface area contributed by atoms with Crippen molar-refractivity contribution in [2.45, 2.75) is 31.3 Å². The van der Waals surface area contributed by atoms with Crippen LogP contribution in [0, 0.1) is 0 Å². The van der Waals surface area contributed by atoms with Crippen LogP contribution in [0.2, 0.25) is 0 Å². The Hall–Kier alpha value is -0.880. The fourth-order valence-electron chi connectivity index (χ4n) is 1.41. The van der Waals surface area contributed by atoms with Crippen molar-refractivity contribution in [2.24, 2.45) is 0 Å². The molecular formula is C10H13N3OS2. The van der Waals surface area contributed by atoms with E-state index in [1.807, 2.05) is 12.5 Å².